The first-order valence-electron chi connectivity index (χ1n) is 7.88. The molecule has 3 aromatic heterocycles. The summed E-state index contributed by atoms with van der Waals surface area (Å²) in [6.45, 7) is 1.80. The molecule has 0 saturated carbocycles. The number of carbonyl (C=O) groups excluding carboxylic acids is 1. The number of carbonyl (C=O) groups is 1. The van der Waals surface area contributed by atoms with Gasteiger partial charge in [0.25, 0.3) is 5.91 Å². The fourth-order valence-corrected chi connectivity index (χ4v) is 3.93. The lowest BCUT2D eigenvalue weighted by atomic mass is 10.0. The summed E-state index contributed by atoms with van der Waals surface area (Å²) >= 11 is 1.27. The summed E-state index contributed by atoms with van der Waals surface area (Å²) in [6, 6.07) is 9.57. The van der Waals surface area contributed by atoms with Gasteiger partial charge in [-0.3, -0.25) is 14.5 Å². The van der Waals surface area contributed by atoms with E-state index in [-0.39, 0.29) is 16.8 Å². The quantitative estimate of drug-likeness (QED) is 0.541. The number of aromatic nitrogens is 2. The number of para-hydroxylation sites is 1. The van der Waals surface area contributed by atoms with Gasteiger partial charge in [0.05, 0.1) is 17.2 Å². The van der Waals surface area contributed by atoms with Crippen molar-refractivity contribution in [1.29, 1.82) is 0 Å². The van der Waals surface area contributed by atoms with Crippen LogP contribution < -0.4 is 10.3 Å². The van der Waals surface area contributed by atoms with E-state index in [0.29, 0.717) is 26.9 Å². The topological polar surface area (TPSA) is 89.4 Å². The van der Waals surface area contributed by atoms with Gasteiger partial charge in [0.15, 0.2) is 5.43 Å². The molecule has 1 atom stereocenters. The highest BCUT2D eigenvalue weighted by molar-refractivity contribution is 7.15. The van der Waals surface area contributed by atoms with Crippen LogP contribution in [-0.4, -0.2) is 16.1 Å². The fourth-order valence-electron chi connectivity index (χ4n) is 3.22. The molecule has 8 heteroatoms. The number of anilines is 1. The van der Waals surface area contributed by atoms with Gasteiger partial charge < -0.3 is 8.83 Å². The minimum absolute atomic E-state index is 0.0166. The van der Waals surface area contributed by atoms with Gasteiger partial charge in [0.2, 0.25) is 10.9 Å². The van der Waals surface area contributed by atoms with Gasteiger partial charge in [0, 0.05) is 0 Å². The zero-order chi connectivity index (χ0) is 17.8. The normalized spacial score (nSPS) is 16.4. The molecule has 0 radical (unpaired) electrons. The maximum atomic E-state index is 13.1. The smallest absolute Gasteiger partial charge is 0.297 e. The van der Waals surface area contributed by atoms with Crippen molar-refractivity contribution in [2.24, 2.45) is 0 Å². The maximum Gasteiger partial charge on any atom is 0.297 e. The van der Waals surface area contributed by atoms with Crippen molar-refractivity contribution >= 4 is 33.3 Å². The molecule has 1 amide bonds. The molecule has 0 fully saturated rings. The molecule has 1 aromatic carbocycles. The molecule has 128 valence electrons. The summed E-state index contributed by atoms with van der Waals surface area (Å²) < 4.78 is 11.3. The summed E-state index contributed by atoms with van der Waals surface area (Å²) in [4.78, 5) is 27.7. The number of nitrogens with zero attached hydrogens (tertiary/aromatic N) is 3. The molecule has 4 heterocycles. The Kier molecular flexibility index (Phi) is 3.10. The van der Waals surface area contributed by atoms with Crippen LogP contribution in [-0.2, 0) is 0 Å². The lowest BCUT2D eigenvalue weighted by Gasteiger charge is -2.19. The van der Waals surface area contributed by atoms with Gasteiger partial charge >= 0.3 is 0 Å². The number of amides is 1. The molecule has 0 bridgehead atoms. The molecule has 5 rings (SSSR count). The molecule has 1 aliphatic rings. The lowest BCUT2D eigenvalue weighted by Crippen LogP contribution is -2.29. The van der Waals surface area contributed by atoms with Gasteiger partial charge in [-0.2, -0.15) is 0 Å². The number of hydrogen-bond donors (Lipinski definition) is 0. The van der Waals surface area contributed by atoms with Crippen molar-refractivity contribution < 1.29 is 13.6 Å². The Morgan fingerprint density at radius 3 is 2.69 bits per heavy atom. The van der Waals surface area contributed by atoms with Crippen molar-refractivity contribution in [1.82, 2.24) is 10.2 Å². The first kappa shape index (κ1) is 15.0. The van der Waals surface area contributed by atoms with E-state index >= 15 is 0 Å². The molecule has 7 nitrogen and oxygen atoms in total. The van der Waals surface area contributed by atoms with Crippen LogP contribution in [0.3, 0.4) is 0 Å². The first-order chi connectivity index (χ1) is 12.6. The summed E-state index contributed by atoms with van der Waals surface area (Å²) in [5, 5.41) is 9.59. The average Bonchev–Trinajstić information content (AvgIpc) is 3.36. The molecule has 4 aromatic rings. The molecular weight excluding hydrogens is 354 g/mol. The second-order valence-electron chi connectivity index (χ2n) is 5.87. The van der Waals surface area contributed by atoms with Crippen LogP contribution >= 0.6 is 11.3 Å². The molecule has 0 spiro atoms. The Bertz CT molecular complexity index is 1210. The number of rotatable bonds is 2. The van der Waals surface area contributed by atoms with Gasteiger partial charge in [-0.15, -0.1) is 10.2 Å². The fraction of sp³-hybridized carbons (Fsp3) is 0.111. The molecule has 26 heavy (non-hydrogen) atoms. The predicted octanol–water partition coefficient (Wildman–Crippen LogP) is 3.30. The first-order valence-corrected chi connectivity index (χ1v) is 8.69. The van der Waals surface area contributed by atoms with E-state index in [2.05, 4.69) is 10.2 Å². The second-order valence-corrected chi connectivity index (χ2v) is 7.03. The van der Waals surface area contributed by atoms with E-state index in [4.69, 9.17) is 8.83 Å². The zero-order valence-corrected chi connectivity index (χ0v) is 14.3. The summed E-state index contributed by atoms with van der Waals surface area (Å²) in [5.74, 6) is 0.0518. The van der Waals surface area contributed by atoms with E-state index < -0.39 is 11.9 Å². The van der Waals surface area contributed by atoms with Crippen LogP contribution in [0.5, 0.6) is 0 Å². The molecule has 0 saturated heterocycles. The van der Waals surface area contributed by atoms with Crippen molar-refractivity contribution in [3.05, 3.63) is 75.0 Å². The largest absolute Gasteiger partial charge is 0.467 e. The van der Waals surface area contributed by atoms with Gasteiger partial charge in [-0.1, -0.05) is 23.5 Å². The highest BCUT2D eigenvalue weighted by Gasteiger charge is 2.46. The van der Waals surface area contributed by atoms with E-state index in [9.17, 15) is 9.59 Å². The van der Waals surface area contributed by atoms with Gasteiger partial charge in [-0.25, -0.2) is 0 Å². The van der Waals surface area contributed by atoms with Crippen LogP contribution in [0.4, 0.5) is 5.13 Å². The molecular formula is C18H11N3O4S. The standard InChI is InChI=1S/C18H11N3O4S/c1-9-19-20-18(26-9)21-14(12-7-4-8-24-12)13-15(22)10-5-2-3-6-11(10)25-16(13)17(21)23/h2-8,14H,1H3/t14-/m1/s1. The van der Waals surface area contributed by atoms with Gasteiger partial charge in [0.1, 0.15) is 22.4 Å². The minimum Gasteiger partial charge on any atom is -0.467 e. The number of furan rings is 1. The third-order valence-corrected chi connectivity index (χ3v) is 5.15. The average molecular weight is 365 g/mol. The van der Waals surface area contributed by atoms with Crippen molar-refractivity contribution in [2.75, 3.05) is 4.90 Å². The Labute approximate surface area is 150 Å². The van der Waals surface area contributed by atoms with E-state index in [1.807, 2.05) is 0 Å². The van der Waals surface area contributed by atoms with E-state index in [1.54, 1.807) is 43.3 Å². The van der Waals surface area contributed by atoms with Crippen LogP contribution in [0, 0.1) is 6.92 Å². The third kappa shape index (κ3) is 1.99. The number of benzene rings is 1. The van der Waals surface area contributed by atoms with Crippen molar-refractivity contribution in [3.8, 4) is 0 Å². The summed E-state index contributed by atoms with van der Waals surface area (Å²) in [6.07, 6.45) is 1.50. The third-order valence-electron chi connectivity index (χ3n) is 4.31. The Morgan fingerprint density at radius 2 is 1.96 bits per heavy atom. The Balaban J connectivity index is 1.84. The van der Waals surface area contributed by atoms with Crippen LogP contribution in [0.2, 0.25) is 0 Å². The van der Waals surface area contributed by atoms with Crippen molar-refractivity contribution in [3.63, 3.8) is 0 Å². The molecule has 0 aliphatic carbocycles. The van der Waals surface area contributed by atoms with Crippen molar-refractivity contribution in [2.45, 2.75) is 13.0 Å². The maximum absolute atomic E-state index is 13.1. The SMILES string of the molecule is Cc1nnc(N2C(=O)c3oc4ccccc4c(=O)c3[C@H]2c2ccco2)s1. The highest BCUT2D eigenvalue weighted by atomic mass is 32.1. The summed E-state index contributed by atoms with van der Waals surface area (Å²) in [7, 11) is 0. The van der Waals surface area contributed by atoms with Crippen LogP contribution in [0.1, 0.15) is 32.9 Å². The number of aryl methyl sites for hydroxylation is 1. The molecule has 0 N–H and O–H groups in total. The highest BCUT2D eigenvalue weighted by Crippen LogP contribution is 2.42. The minimum atomic E-state index is -0.735. The van der Waals surface area contributed by atoms with Gasteiger partial charge in [-0.05, 0) is 31.2 Å². The summed E-state index contributed by atoms with van der Waals surface area (Å²) in [5.41, 5.74) is 0.384. The lowest BCUT2D eigenvalue weighted by molar-refractivity contribution is 0.0969. The molecule has 1 aliphatic heterocycles. The Hall–Kier alpha value is -3.26. The second kappa shape index (κ2) is 5.37. The number of fused-ring (bicyclic) bond motifs is 2. The number of hydrogen-bond acceptors (Lipinski definition) is 7. The van der Waals surface area contributed by atoms with E-state index in [0.717, 1.165) is 0 Å². The van der Waals surface area contributed by atoms with Crippen LogP contribution in [0.25, 0.3) is 11.0 Å². The monoisotopic (exact) mass is 365 g/mol. The Morgan fingerprint density at radius 1 is 1.12 bits per heavy atom. The van der Waals surface area contributed by atoms with Crippen LogP contribution in [0.15, 0.2) is 56.3 Å². The van der Waals surface area contributed by atoms with E-state index in [1.165, 1.54) is 22.5 Å². The predicted molar refractivity (Wildman–Crippen MR) is 94.5 cm³/mol. The zero-order valence-electron chi connectivity index (χ0n) is 13.5. The molecule has 0 unspecified atom stereocenters.